The van der Waals surface area contributed by atoms with Gasteiger partial charge in [-0.2, -0.15) is 0 Å². The van der Waals surface area contributed by atoms with Gasteiger partial charge in [-0.15, -0.1) is 0 Å². The van der Waals surface area contributed by atoms with Crippen LogP contribution >= 0.6 is 0 Å². The van der Waals surface area contributed by atoms with Crippen molar-refractivity contribution in [2.45, 2.75) is 165 Å². The number of hydrogen-bond donors (Lipinski definition) is 6. The van der Waals surface area contributed by atoms with Crippen molar-refractivity contribution in [3.63, 3.8) is 0 Å². The zero-order chi connectivity index (χ0) is 70.2. The first kappa shape index (κ1) is 68.3. The van der Waals surface area contributed by atoms with Crippen molar-refractivity contribution in [1.82, 2.24) is 19.6 Å². The molecule has 14 heteroatoms. The number of nitrogens with zero attached hydrogens (tertiary/aromatic N) is 4. The molecule has 16 rings (SSSR count). The van der Waals surface area contributed by atoms with Crippen molar-refractivity contribution in [3.05, 3.63) is 260 Å². The summed E-state index contributed by atoms with van der Waals surface area (Å²) in [6.45, 7) is 21.8. The molecule has 99 heavy (non-hydrogen) atoms. The van der Waals surface area contributed by atoms with Crippen molar-refractivity contribution in [1.29, 1.82) is 0 Å². The highest BCUT2D eigenvalue weighted by Gasteiger charge is 2.56. The van der Waals surface area contributed by atoms with Gasteiger partial charge < -0.3 is 50.2 Å². The van der Waals surface area contributed by atoms with E-state index >= 15 is 0 Å². The summed E-state index contributed by atoms with van der Waals surface area (Å²) in [4.78, 5) is 59.8. The first-order valence-electron chi connectivity index (χ1n) is 35.4. The summed E-state index contributed by atoms with van der Waals surface area (Å²) in [5.41, 5.74) is 12.7. The molecule has 8 aromatic carbocycles. The molecule has 14 atom stereocenters. The van der Waals surface area contributed by atoms with Crippen LogP contribution in [0.15, 0.2) is 188 Å². The van der Waals surface area contributed by atoms with Crippen molar-refractivity contribution in [3.8, 4) is 23.0 Å². The number of phenols is 4. The summed E-state index contributed by atoms with van der Waals surface area (Å²) >= 11 is 0. The van der Waals surface area contributed by atoms with Crippen molar-refractivity contribution >= 4 is 23.6 Å². The zero-order valence-corrected chi connectivity index (χ0v) is 58.3. The van der Waals surface area contributed by atoms with Crippen LogP contribution in [0.3, 0.4) is 0 Å². The van der Waals surface area contributed by atoms with Crippen LogP contribution in [0.25, 0.3) is 0 Å². The number of aliphatic hydroxyl groups is 2. The van der Waals surface area contributed by atoms with Gasteiger partial charge >= 0.3 is 0 Å². The minimum absolute atomic E-state index is 0.0149. The average molecular weight is 1330 g/mol. The molecule has 4 amide bonds. The van der Waals surface area contributed by atoms with Crippen LogP contribution in [0, 0.1) is 30.6 Å². The maximum atomic E-state index is 13.1. The quantitative estimate of drug-likeness (QED) is 0.0984. The third kappa shape index (κ3) is 12.0. The summed E-state index contributed by atoms with van der Waals surface area (Å²) in [6.07, 6.45) is 4.00. The van der Waals surface area contributed by atoms with Gasteiger partial charge in [0.2, 0.25) is 0 Å². The number of carbonyl (C=O) groups excluding carboxylic acids is 4. The van der Waals surface area contributed by atoms with E-state index < -0.39 is 12.3 Å². The van der Waals surface area contributed by atoms with Gasteiger partial charge in [0.25, 0.3) is 23.6 Å². The highest BCUT2D eigenvalue weighted by atomic mass is 16.3. The molecule has 514 valence electrons. The molecule has 8 aromatic rings. The number of hydrogen-bond acceptors (Lipinski definition) is 10. The van der Waals surface area contributed by atoms with Gasteiger partial charge in [0.1, 0.15) is 29.2 Å². The number of aromatic hydroxyl groups is 4. The molecule has 1 unspecified atom stereocenters. The Labute approximate surface area is 582 Å². The van der Waals surface area contributed by atoms with E-state index in [0.717, 1.165) is 78.6 Å². The Bertz CT molecular complexity index is 4360. The van der Waals surface area contributed by atoms with E-state index in [9.17, 15) is 49.8 Å². The molecule has 4 aliphatic heterocycles. The second-order valence-electron chi connectivity index (χ2n) is 30.5. The largest absolute Gasteiger partial charge is 0.508 e. The molecule has 4 aliphatic carbocycles. The van der Waals surface area contributed by atoms with Crippen molar-refractivity contribution < 1.29 is 49.8 Å². The third-order valence-electron chi connectivity index (χ3n) is 25.4. The fourth-order valence-corrected chi connectivity index (χ4v) is 18.7. The van der Waals surface area contributed by atoms with Crippen LogP contribution in [-0.2, 0) is 40.9 Å². The van der Waals surface area contributed by atoms with E-state index in [2.05, 4.69) is 65.2 Å². The number of phenolic OH excluding ortho intramolecular Hbond substituents is 4. The van der Waals surface area contributed by atoms with E-state index in [1.165, 1.54) is 27.8 Å². The van der Waals surface area contributed by atoms with Gasteiger partial charge in [-0.05, 0) is 227 Å². The summed E-state index contributed by atoms with van der Waals surface area (Å²) < 4.78 is 0. The molecule has 4 saturated heterocycles. The smallest absolute Gasteiger partial charge is 0.256 e. The fraction of sp³-hybridized carbons (Fsp3) is 0.388. The van der Waals surface area contributed by atoms with Crippen LogP contribution in [0.2, 0.25) is 0 Å². The number of benzene rings is 8. The molecule has 14 nitrogen and oxygen atoms in total. The van der Waals surface area contributed by atoms with E-state index in [1.54, 1.807) is 53.4 Å². The second-order valence-corrected chi connectivity index (χ2v) is 30.5. The number of amides is 4. The summed E-state index contributed by atoms with van der Waals surface area (Å²) in [5.74, 6) is 2.30. The lowest BCUT2D eigenvalue weighted by molar-refractivity contribution is -0.0888. The number of rotatable bonds is 4. The standard InChI is InChI=1S/C22H25NO2.2C21H23NO3.C21H23NO2/c1-14-4-6-16(7-5-14)21(25)23-11-10-22(3)15(2)20(23)12-17-8-9-18(24)13-19(17)22;1-13-18-10-15-8-9-16(23)11-17(15)21(13,2)12-19(24)22(18)20(25)14-6-4-3-5-7-14;1-13-18-19(24)16-9-8-15(23)12-17(16)21(13,2)10-11-22(18)20(25)14-6-4-3-5-7-14;1-14-19-12-16-8-9-17(23)13-18(16)21(14,2)10-11-22(19)20(24)15-6-4-3-5-7-15/h4-9,13,15,20,24H,10-12H2,1-3H3;3-9,11,13,18-19,23-24H,10,12H2,1-2H3;3-9,12-13,18-19,23-24H,10-11H2,1-2H3;3-9,13-14,19,23H,10-12H2,1-2H3/t15-,20+,22+;13-,18+,19?,21+;13-,18-,19-,21+;14-,19+,21+/m0000/s1. The number of likely N-dealkylation sites (tertiary alicyclic amines) is 4. The van der Waals surface area contributed by atoms with Gasteiger partial charge in [-0.1, -0.05) is 152 Å². The van der Waals surface area contributed by atoms with E-state index in [-0.39, 0.29) is 92.8 Å². The van der Waals surface area contributed by atoms with Crippen LogP contribution < -0.4 is 0 Å². The molecule has 4 fully saturated rings. The van der Waals surface area contributed by atoms with Gasteiger partial charge in [0.05, 0.1) is 12.1 Å². The van der Waals surface area contributed by atoms with Crippen molar-refractivity contribution in [2.24, 2.45) is 23.7 Å². The first-order chi connectivity index (χ1) is 47.2. The van der Waals surface area contributed by atoms with Crippen LogP contribution in [-0.4, -0.2) is 124 Å². The van der Waals surface area contributed by atoms with Gasteiger partial charge in [-0.3, -0.25) is 19.2 Å². The normalized spacial score (nSPS) is 29.4. The summed E-state index contributed by atoms with van der Waals surface area (Å²) in [6, 6.07) is 58.1. The minimum atomic E-state index is -0.825. The van der Waals surface area contributed by atoms with Gasteiger partial charge in [0.15, 0.2) is 0 Å². The Morgan fingerprint density at radius 2 is 0.727 bits per heavy atom. The Morgan fingerprint density at radius 3 is 1.17 bits per heavy atom. The SMILES string of the molecule is C[C@H]1[C@H]2Cc3ccc(O)cc3[C@]1(C)CC(O)N2C(=O)c1ccccc1.C[C@H]1[C@H]2Cc3ccc(O)cc3[C@]1(C)CCN2C(=O)c1ccccc1.C[C@H]1[C@H]2[C@@H](O)c3ccc(O)cc3[C@]1(C)CCN2C(=O)c1ccccc1.Cc1ccc(C(=O)N2CC[C@@]3(C)c4cc(O)ccc4C[C@@H]2[C@@H]3C)cc1. The second kappa shape index (κ2) is 26.5. The number of fused-ring (bicyclic) bond motifs is 16. The lowest BCUT2D eigenvalue weighted by atomic mass is 9.58. The zero-order valence-electron chi connectivity index (χ0n) is 58.3. The molecule has 0 aromatic heterocycles. The Kier molecular flexibility index (Phi) is 18.2. The van der Waals surface area contributed by atoms with Crippen LogP contribution in [0.5, 0.6) is 23.0 Å². The minimum Gasteiger partial charge on any atom is -0.508 e. The van der Waals surface area contributed by atoms with E-state index in [4.69, 9.17) is 0 Å². The van der Waals surface area contributed by atoms with Crippen LogP contribution in [0.1, 0.15) is 179 Å². The maximum Gasteiger partial charge on any atom is 0.256 e. The molecule has 8 aliphatic rings. The fourth-order valence-electron chi connectivity index (χ4n) is 18.7. The molecule has 4 heterocycles. The highest BCUT2D eigenvalue weighted by molar-refractivity contribution is 5.96. The third-order valence-corrected chi connectivity index (χ3v) is 25.4. The molecule has 0 radical (unpaired) electrons. The monoisotopic (exact) mass is 1330 g/mol. The topological polar surface area (TPSA) is 203 Å². The predicted octanol–water partition coefficient (Wildman–Crippen LogP) is 14.1. The summed E-state index contributed by atoms with van der Waals surface area (Å²) in [7, 11) is 0. The number of carbonyl (C=O) groups is 4. The van der Waals surface area contributed by atoms with E-state index in [0.29, 0.717) is 53.8 Å². The van der Waals surface area contributed by atoms with Crippen LogP contribution in [0.4, 0.5) is 0 Å². The van der Waals surface area contributed by atoms with Crippen molar-refractivity contribution in [2.75, 3.05) is 19.6 Å². The Morgan fingerprint density at radius 1 is 0.384 bits per heavy atom. The van der Waals surface area contributed by atoms with Gasteiger partial charge in [0, 0.05) is 71.8 Å². The number of aliphatic hydroxyl groups excluding tert-OH is 2. The lowest BCUT2D eigenvalue weighted by Gasteiger charge is -2.56. The molecule has 6 N–H and O–H groups in total. The Balaban J connectivity index is 0.000000119. The van der Waals surface area contributed by atoms with E-state index in [1.807, 2.05) is 151 Å². The number of piperidine rings is 4. The summed E-state index contributed by atoms with van der Waals surface area (Å²) in [5, 5.41) is 61.5. The predicted molar refractivity (Wildman–Crippen MR) is 384 cm³/mol. The average Bonchev–Trinajstić information content (AvgIpc) is 0.746. The molecular formula is C85H94N4O10. The lowest BCUT2D eigenvalue weighted by Crippen LogP contribution is -2.63. The van der Waals surface area contributed by atoms with Gasteiger partial charge in [-0.25, -0.2) is 0 Å². The maximum absolute atomic E-state index is 13.1. The molecule has 8 bridgehead atoms. The first-order valence-corrected chi connectivity index (χ1v) is 35.4. The molecule has 0 spiro atoms. The molecule has 0 saturated carbocycles. The Hall–Kier alpha value is -9.24. The highest BCUT2D eigenvalue weighted by Crippen LogP contribution is 2.56. The number of aryl methyl sites for hydroxylation is 1. The molecular weight excluding hydrogens is 1240 g/mol.